The SMILES string of the molecule is BrCc1sc2ccc(I)cc2c1Br. The molecule has 0 nitrogen and oxygen atoms in total. The maximum absolute atomic E-state index is 3.62. The van der Waals surface area contributed by atoms with Gasteiger partial charge in [0.05, 0.1) is 0 Å². The first-order valence-corrected chi connectivity index (χ1v) is 7.45. The fourth-order valence-corrected chi connectivity index (χ4v) is 4.44. The molecule has 13 heavy (non-hydrogen) atoms. The molecule has 2 aromatic rings. The molecule has 0 fully saturated rings. The van der Waals surface area contributed by atoms with Crippen molar-refractivity contribution < 1.29 is 0 Å². The molecule has 0 saturated heterocycles. The second-order valence-electron chi connectivity index (χ2n) is 2.61. The molecule has 2 rings (SSSR count). The van der Waals surface area contributed by atoms with Crippen LogP contribution >= 0.6 is 65.8 Å². The maximum atomic E-state index is 3.62. The number of fused-ring (bicyclic) bond motifs is 1. The van der Waals surface area contributed by atoms with E-state index in [1.807, 2.05) is 11.3 Å². The van der Waals surface area contributed by atoms with Crippen molar-refractivity contribution in [2.45, 2.75) is 5.33 Å². The summed E-state index contributed by atoms with van der Waals surface area (Å²) in [5, 5.41) is 2.25. The van der Waals surface area contributed by atoms with Crippen LogP contribution in [0.5, 0.6) is 0 Å². The molecule has 0 aliphatic carbocycles. The van der Waals surface area contributed by atoms with Crippen molar-refractivity contribution >= 4 is 75.9 Å². The minimum absolute atomic E-state index is 0.920. The highest BCUT2D eigenvalue weighted by Crippen LogP contribution is 2.37. The zero-order chi connectivity index (χ0) is 9.42. The Morgan fingerprint density at radius 1 is 1.38 bits per heavy atom. The third kappa shape index (κ3) is 1.96. The van der Waals surface area contributed by atoms with Crippen LogP contribution in [-0.2, 0) is 5.33 Å². The molecule has 0 N–H and O–H groups in total. The van der Waals surface area contributed by atoms with E-state index in [2.05, 4.69) is 72.6 Å². The van der Waals surface area contributed by atoms with Crippen LogP contribution in [-0.4, -0.2) is 0 Å². The molecule has 0 bridgehead atoms. The summed E-state index contributed by atoms with van der Waals surface area (Å²) in [4.78, 5) is 1.36. The summed E-state index contributed by atoms with van der Waals surface area (Å²) in [7, 11) is 0. The Hall–Kier alpha value is 0.870. The summed E-state index contributed by atoms with van der Waals surface area (Å²) in [6.07, 6.45) is 0. The predicted octanol–water partition coefficient (Wildman–Crippen LogP) is 5.16. The van der Waals surface area contributed by atoms with Gasteiger partial charge in [-0.25, -0.2) is 0 Å². The van der Waals surface area contributed by atoms with Gasteiger partial charge in [0, 0.05) is 28.3 Å². The summed E-state index contributed by atoms with van der Waals surface area (Å²) in [6.45, 7) is 0. The molecular formula is C9H5Br2IS. The third-order valence-corrected chi connectivity index (χ3v) is 5.72. The van der Waals surface area contributed by atoms with Gasteiger partial charge in [-0.3, -0.25) is 0 Å². The van der Waals surface area contributed by atoms with Crippen LogP contribution in [0.1, 0.15) is 4.88 Å². The fourth-order valence-electron chi connectivity index (χ4n) is 1.18. The largest absolute Gasteiger partial charge is 0.138 e. The van der Waals surface area contributed by atoms with E-state index >= 15 is 0 Å². The summed E-state index contributed by atoms with van der Waals surface area (Å²) in [6, 6.07) is 6.53. The molecule has 0 spiro atoms. The van der Waals surface area contributed by atoms with E-state index in [4.69, 9.17) is 0 Å². The number of thiophene rings is 1. The summed E-state index contributed by atoms with van der Waals surface area (Å²) in [5.41, 5.74) is 0. The molecule has 1 heterocycles. The number of halogens is 3. The van der Waals surface area contributed by atoms with Gasteiger partial charge in [-0.1, -0.05) is 15.9 Å². The van der Waals surface area contributed by atoms with E-state index < -0.39 is 0 Å². The lowest BCUT2D eigenvalue weighted by atomic mass is 10.2. The minimum Gasteiger partial charge on any atom is -0.138 e. The Balaban J connectivity index is 2.77. The lowest BCUT2D eigenvalue weighted by Crippen LogP contribution is -1.70. The zero-order valence-corrected chi connectivity index (χ0v) is 12.6. The second-order valence-corrected chi connectivity index (χ2v) is 6.35. The van der Waals surface area contributed by atoms with Crippen LogP contribution in [0, 0.1) is 3.57 Å². The molecule has 68 valence electrons. The maximum Gasteiger partial charge on any atom is 0.0402 e. The van der Waals surface area contributed by atoms with Crippen LogP contribution in [0.25, 0.3) is 10.1 Å². The minimum atomic E-state index is 0.920. The van der Waals surface area contributed by atoms with Gasteiger partial charge in [0.1, 0.15) is 0 Å². The molecule has 1 aromatic carbocycles. The van der Waals surface area contributed by atoms with Crippen LogP contribution in [0.3, 0.4) is 0 Å². The van der Waals surface area contributed by atoms with Gasteiger partial charge in [-0.05, 0) is 56.7 Å². The molecule has 0 atom stereocenters. The van der Waals surface area contributed by atoms with Gasteiger partial charge >= 0.3 is 0 Å². The van der Waals surface area contributed by atoms with E-state index in [1.165, 1.54) is 23.0 Å². The first kappa shape index (κ1) is 10.4. The molecule has 0 amide bonds. The molecular weight excluding hydrogens is 427 g/mol. The third-order valence-electron chi connectivity index (χ3n) is 1.78. The molecule has 4 heteroatoms. The quantitative estimate of drug-likeness (QED) is 0.432. The van der Waals surface area contributed by atoms with Crippen LogP contribution in [0.4, 0.5) is 0 Å². The lowest BCUT2D eigenvalue weighted by molar-refractivity contribution is 1.56. The second kappa shape index (κ2) is 4.16. The Morgan fingerprint density at radius 3 is 2.85 bits per heavy atom. The highest BCUT2D eigenvalue weighted by molar-refractivity contribution is 14.1. The van der Waals surface area contributed by atoms with Crippen molar-refractivity contribution in [1.29, 1.82) is 0 Å². The van der Waals surface area contributed by atoms with Gasteiger partial charge in [0.15, 0.2) is 0 Å². The topological polar surface area (TPSA) is 0 Å². The Morgan fingerprint density at radius 2 is 2.15 bits per heavy atom. The van der Waals surface area contributed by atoms with E-state index in [0.717, 1.165) is 5.33 Å². The predicted molar refractivity (Wildman–Crippen MR) is 74.9 cm³/mol. The fraction of sp³-hybridized carbons (Fsp3) is 0.111. The van der Waals surface area contributed by atoms with Crippen molar-refractivity contribution in [3.8, 4) is 0 Å². The van der Waals surface area contributed by atoms with E-state index in [9.17, 15) is 0 Å². The van der Waals surface area contributed by atoms with Crippen LogP contribution in [0.2, 0.25) is 0 Å². The van der Waals surface area contributed by atoms with Gasteiger partial charge in [-0.2, -0.15) is 0 Å². The first-order valence-electron chi connectivity index (χ1n) is 3.65. The molecule has 0 saturated carbocycles. The van der Waals surface area contributed by atoms with E-state index in [-0.39, 0.29) is 0 Å². The van der Waals surface area contributed by atoms with Gasteiger partial charge < -0.3 is 0 Å². The number of alkyl halides is 1. The molecule has 0 radical (unpaired) electrons. The van der Waals surface area contributed by atoms with E-state index in [1.54, 1.807) is 0 Å². The zero-order valence-electron chi connectivity index (χ0n) is 6.48. The highest BCUT2D eigenvalue weighted by Gasteiger charge is 2.08. The van der Waals surface area contributed by atoms with Crippen molar-refractivity contribution in [3.63, 3.8) is 0 Å². The summed E-state index contributed by atoms with van der Waals surface area (Å²) in [5.74, 6) is 0. The average molecular weight is 432 g/mol. The van der Waals surface area contributed by atoms with Gasteiger partial charge in [0.25, 0.3) is 0 Å². The monoisotopic (exact) mass is 430 g/mol. The Kier molecular flexibility index (Phi) is 3.33. The Bertz CT molecular complexity index is 450. The molecule has 0 aliphatic heterocycles. The van der Waals surface area contributed by atoms with Crippen molar-refractivity contribution in [2.24, 2.45) is 0 Å². The highest BCUT2D eigenvalue weighted by atomic mass is 127. The normalized spacial score (nSPS) is 11.0. The van der Waals surface area contributed by atoms with Crippen molar-refractivity contribution in [1.82, 2.24) is 0 Å². The van der Waals surface area contributed by atoms with Crippen molar-refractivity contribution in [2.75, 3.05) is 0 Å². The Labute approximate surface area is 111 Å². The summed E-state index contributed by atoms with van der Waals surface area (Å²) < 4.78 is 3.87. The first-order chi connectivity index (χ1) is 6.22. The summed E-state index contributed by atoms with van der Waals surface area (Å²) >= 11 is 11.3. The standard InChI is InChI=1S/C9H5Br2IS/c10-4-8-9(11)6-3-5(12)1-2-7(6)13-8/h1-3H,4H2. The molecule has 0 unspecified atom stereocenters. The van der Waals surface area contributed by atoms with Crippen LogP contribution < -0.4 is 0 Å². The number of rotatable bonds is 1. The molecule has 1 aromatic heterocycles. The van der Waals surface area contributed by atoms with E-state index in [0.29, 0.717) is 0 Å². The average Bonchev–Trinajstić information content (AvgIpc) is 2.44. The number of hydrogen-bond donors (Lipinski definition) is 0. The number of hydrogen-bond acceptors (Lipinski definition) is 1. The molecule has 0 aliphatic rings. The van der Waals surface area contributed by atoms with Gasteiger partial charge in [0.2, 0.25) is 0 Å². The lowest BCUT2D eigenvalue weighted by Gasteiger charge is -1.91. The van der Waals surface area contributed by atoms with Crippen LogP contribution in [0.15, 0.2) is 22.7 Å². The van der Waals surface area contributed by atoms with Gasteiger partial charge in [-0.15, -0.1) is 11.3 Å². The smallest absolute Gasteiger partial charge is 0.0402 e. The number of benzene rings is 1. The van der Waals surface area contributed by atoms with Crippen molar-refractivity contribution in [3.05, 3.63) is 31.1 Å².